The van der Waals surface area contributed by atoms with Crippen LogP contribution in [0.15, 0.2) is 22.7 Å². The lowest BCUT2D eigenvalue weighted by molar-refractivity contribution is -0.0474. The molecule has 1 atom stereocenters. The fraction of sp³-hybridized carbons (Fsp3) is 0.571. The molecule has 0 aliphatic heterocycles. The SMILES string of the molecule is COCC(O)(Cc1ccc(OC)c(Br)c1)C1CC1. The Morgan fingerprint density at radius 3 is 2.61 bits per heavy atom. The summed E-state index contributed by atoms with van der Waals surface area (Å²) in [5.41, 5.74) is 0.358. The summed E-state index contributed by atoms with van der Waals surface area (Å²) in [5, 5.41) is 10.7. The maximum absolute atomic E-state index is 10.7. The van der Waals surface area contributed by atoms with Crippen LogP contribution >= 0.6 is 15.9 Å². The fourth-order valence-corrected chi connectivity index (χ4v) is 2.95. The summed E-state index contributed by atoms with van der Waals surface area (Å²) in [5.74, 6) is 1.18. The molecule has 1 aliphatic rings. The normalized spacial score (nSPS) is 18.4. The van der Waals surface area contributed by atoms with Gasteiger partial charge >= 0.3 is 0 Å². The van der Waals surface area contributed by atoms with Gasteiger partial charge in [-0.2, -0.15) is 0 Å². The Balaban J connectivity index is 2.13. The second kappa shape index (κ2) is 5.59. The Hall–Kier alpha value is -0.580. The highest BCUT2D eigenvalue weighted by atomic mass is 79.9. The van der Waals surface area contributed by atoms with Gasteiger partial charge in [0.1, 0.15) is 5.75 Å². The van der Waals surface area contributed by atoms with Crippen LogP contribution in [-0.4, -0.2) is 31.5 Å². The smallest absolute Gasteiger partial charge is 0.133 e. The van der Waals surface area contributed by atoms with Gasteiger partial charge in [-0.05, 0) is 52.4 Å². The van der Waals surface area contributed by atoms with Crippen molar-refractivity contribution in [3.8, 4) is 5.75 Å². The van der Waals surface area contributed by atoms with Crippen molar-refractivity contribution in [2.75, 3.05) is 20.8 Å². The summed E-state index contributed by atoms with van der Waals surface area (Å²) in [7, 11) is 3.28. The molecule has 1 fully saturated rings. The number of halogens is 1. The summed E-state index contributed by atoms with van der Waals surface area (Å²) >= 11 is 3.47. The summed E-state index contributed by atoms with van der Waals surface area (Å²) in [4.78, 5) is 0. The van der Waals surface area contributed by atoms with E-state index in [1.165, 1.54) is 0 Å². The molecule has 1 unspecified atom stereocenters. The topological polar surface area (TPSA) is 38.7 Å². The molecule has 0 amide bonds. The maximum atomic E-state index is 10.7. The van der Waals surface area contributed by atoms with Crippen molar-refractivity contribution in [3.63, 3.8) is 0 Å². The first-order chi connectivity index (χ1) is 8.59. The zero-order chi connectivity index (χ0) is 13.2. The summed E-state index contributed by atoms with van der Waals surface area (Å²) in [6, 6.07) is 5.91. The molecule has 1 saturated carbocycles. The molecule has 1 aliphatic carbocycles. The molecule has 0 bridgehead atoms. The molecule has 100 valence electrons. The van der Waals surface area contributed by atoms with Crippen molar-refractivity contribution in [1.29, 1.82) is 0 Å². The van der Waals surface area contributed by atoms with Gasteiger partial charge < -0.3 is 14.6 Å². The van der Waals surface area contributed by atoms with Crippen LogP contribution in [0.2, 0.25) is 0 Å². The lowest BCUT2D eigenvalue weighted by Gasteiger charge is -2.27. The van der Waals surface area contributed by atoms with Gasteiger partial charge in [-0.15, -0.1) is 0 Å². The molecular weight excluding hydrogens is 296 g/mol. The minimum atomic E-state index is -0.733. The third-order valence-electron chi connectivity index (χ3n) is 3.46. The molecule has 0 aromatic heterocycles. The van der Waals surface area contributed by atoms with Gasteiger partial charge in [0, 0.05) is 13.5 Å². The molecule has 0 heterocycles. The zero-order valence-corrected chi connectivity index (χ0v) is 12.4. The van der Waals surface area contributed by atoms with E-state index in [1.54, 1.807) is 14.2 Å². The first-order valence-corrected chi connectivity index (χ1v) is 6.92. The Bertz CT molecular complexity index is 418. The Morgan fingerprint density at radius 2 is 2.11 bits per heavy atom. The summed E-state index contributed by atoms with van der Waals surface area (Å²) in [6.45, 7) is 0.390. The Labute approximate surface area is 116 Å². The highest BCUT2D eigenvalue weighted by Gasteiger charge is 2.43. The molecule has 4 heteroatoms. The Morgan fingerprint density at radius 1 is 1.39 bits per heavy atom. The summed E-state index contributed by atoms with van der Waals surface area (Å²) < 4.78 is 11.3. The lowest BCUT2D eigenvalue weighted by Crippen LogP contribution is -2.39. The molecule has 0 radical (unpaired) electrons. The largest absolute Gasteiger partial charge is 0.496 e. The van der Waals surface area contributed by atoms with Gasteiger partial charge in [0.15, 0.2) is 0 Å². The maximum Gasteiger partial charge on any atom is 0.133 e. The number of hydrogen-bond donors (Lipinski definition) is 1. The predicted octanol–water partition coefficient (Wildman–Crippen LogP) is 2.79. The second-order valence-electron chi connectivity index (χ2n) is 4.96. The second-order valence-corrected chi connectivity index (χ2v) is 5.81. The number of methoxy groups -OCH3 is 2. The monoisotopic (exact) mass is 314 g/mol. The van der Waals surface area contributed by atoms with E-state index in [9.17, 15) is 5.11 Å². The standard InChI is InChI=1S/C14H19BrO3/c1-17-9-14(16,11-4-5-11)8-10-3-6-13(18-2)12(15)7-10/h3,6-7,11,16H,4-5,8-9H2,1-2H3. The van der Waals surface area contributed by atoms with Crippen molar-refractivity contribution in [1.82, 2.24) is 0 Å². The van der Waals surface area contributed by atoms with Gasteiger partial charge in [-0.3, -0.25) is 0 Å². The first kappa shape index (κ1) is 13.8. The molecule has 1 aromatic carbocycles. The van der Waals surface area contributed by atoms with Crippen molar-refractivity contribution < 1.29 is 14.6 Å². The molecule has 0 saturated heterocycles. The van der Waals surface area contributed by atoms with E-state index < -0.39 is 5.60 Å². The number of aliphatic hydroxyl groups is 1. The number of benzene rings is 1. The van der Waals surface area contributed by atoms with E-state index in [4.69, 9.17) is 9.47 Å². The van der Waals surface area contributed by atoms with Crippen LogP contribution in [0.5, 0.6) is 5.75 Å². The third kappa shape index (κ3) is 3.05. The molecule has 0 spiro atoms. The highest BCUT2D eigenvalue weighted by Crippen LogP contribution is 2.42. The summed E-state index contributed by atoms with van der Waals surface area (Å²) in [6.07, 6.45) is 2.81. The third-order valence-corrected chi connectivity index (χ3v) is 4.08. The average Bonchev–Trinajstić information content (AvgIpc) is 3.13. The van der Waals surface area contributed by atoms with Crippen LogP contribution in [0.25, 0.3) is 0 Å². The van der Waals surface area contributed by atoms with Crippen LogP contribution in [0.1, 0.15) is 18.4 Å². The quantitative estimate of drug-likeness (QED) is 0.877. The highest BCUT2D eigenvalue weighted by molar-refractivity contribution is 9.10. The first-order valence-electron chi connectivity index (χ1n) is 6.13. The van der Waals surface area contributed by atoms with Crippen molar-refractivity contribution in [2.45, 2.75) is 24.9 Å². The van der Waals surface area contributed by atoms with Gasteiger partial charge in [-0.1, -0.05) is 6.07 Å². The molecule has 18 heavy (non-hydrogen) atoms. The molecular formula is C14H19BrO3. The average molecular weight is 315 g/mol. The fourth-order valence-electron chi connectivity index (χ4n) is 2.36. The van der Waals surface area contributed by atoms with E-state index in [0.29, 0.717) is 18.9 Å². The lowest BCUT2D eigenvalue weighted by atomic mass is 9.90. The van der Waals surface area contributed by atoms with Gasteiger partial charge in [0.05, 0.1) is 23.8 Å². The van der Waals surface area contributed by atoms with E-state index in [0.717, 1.165) is 28.6 Å². The van der Waals surface area contributed by atoms with Gasteiger partial charge in [-0.25, -0.2) is 0 Å². The van der Waals surface area contributed by atoms with Gasteiger partial charge in [0.2, 0.25) is 0 Å². The molecule has 1 aromatic rings. The predicted molar refractivity (Wildman–Crippen MR) is 73.9 cm³/mol. The minimum Gasteiger partial charge on any atom is -0.496 e. The van der Waals surface area contributed by atoms with Crippen LogP contribution in [0.4, 0.5) is 0 Å². The number of hydrogen-bond acceptors (Lipinski definition) is 3. The van der Waals surface area contributed by atoms with Crippen molar-refractivity contribution in [3.05, 3.63) is 28.2 Å². The van der Waals surface area contributed by atoms with Crippen LogP contribution < -0.4 is 4.74 Å². The number of rotatable bonds is 6. The van der Waals surface area contributed by atoms with Crippen LogP contribution in [0, 0.1) is 5.92 Å². The van der Waals surface area contributed by atoms with Crippen molar-refractivity contribution in [2.24, 2.45) is 5.92 Å². The van der Waals surface area contributed by atoms with E-state index in [-0.39, 0.29) is 0 Å². The van der Waals surface area contributed by atoms with E-state index in [2.05, 4.69) is 15.9 Å². The zero-order valence-electron chi connectivity index (χ0n) is 10.8. The molecule has 2 rings (SSSR count). The van der Waals surface area contributed by atoms with E-state index >= 15 is 0 Å². The van der Waals surface area contributed by atoms with E-state index in [1.807, 2.05) is 18.2 Å². The number of ether oxygens (including phenoxy) is 2. The van der Waals surface area contributed by atoms with Gasteiger partial charge in [0.25, 0.3) is 0 Å². The van der Waals surface area contributed by atoms with Crippen LogP contribution in [0.3, 0.4) is 0 Å². The minimum absolute atomic E-state index is 0.373. The van der Waals surface area contributed by atoms with Crippen LogP contribution in [-0.2, 0) is 11.2 Å². The molecule has 3 nitrogen and oxygen atoms in total. The van der Waals surface area contributed by atoms with Crippen molar-refractivity contribution >= 4 is 15.9 Å². The Kier molecular flexibility index (Phi) is 4.30. The molecule has 1 N–H and O–H groups in total.